The number of nitrogens with zero attached hydrogens (tertiary/aromatic N) is 1. The Kier molecular flexibility index (Phi) is 3.08. The highest BCUT2D eigenvalue weighted by molar-refractivity contribution is 5.78. The van der Waals surface area contributed by atoms with Crippen LogP contribution in [-0.4, -0.2) is 52.9 Å². The Hall–Kier alpha value is -0.650. The van der Waals surface area contributed by atoms with Crippen molar-refractivity contribution in [1.29, 1.82) is 0 Å². The summed E-state index contributed by atoms with van der Waals surface area (Å²) >= 11 is 0. The molecule has 2 saturated heterocycles. The number of carbonyl (C=O) groups is 1. The van der Waals surface area contributed by atoms with Gasteiger partial charge in [-0.25, -0.2) is 0 Å². The minimum atomic E-state index is -1.01. The number of aliphatic carboxylic acids is 1. The summed E-state index contributed by atoms with van der Waals surface area (Å²) in [5, 5.41) is 9.26. The highest BCUT2D eigenvalue weighted by Gasteiger charge is 2.44. The SMILES string of the molecule is NC1(C(=O)O)CCCC(N2CC3CCC(C2)O3)C1. The van der Waals surface area contributed by atoms with Gasteiger partial charge in [0.25, 0.3) is 0 Å². The van der Waals surface area contributed by atoms with E-state index >= 15 is 0 Å². The van der Waals surface area contributed by atoms with Crippen molar-refractivity contribution < 1.29 is 14.6 Å². The second-order valence-electron chi connectivity index (χ2n) is 6.12. The topological polar surface area (TPSA) is 75.8 Å². The number of likely N-dealkylation sites (tertiary alicyclic amines) is 1. The predicted octanol–water partition coefficient (Wildman–Crippen LogP) is 0.574. The lowest BCUT2D eigenvalue weighted by Crippen LogP contribution is -2.58. The third kappa shape index (κ3) is 2.15. The van der Waals surface area contributed by atoms with Crippen LogP contribution in [-0.2, 0) is 9.53 Å². The Morgan fingerprint density at radius 3 is 2.56 bits per heavy atom. The van der Waals surface area contributed by atoms with Gasteiger partial charge in [0.05, 0.1) is 12.2 Å². The van der Waals surface area contributed by atoms with Crippen LogP contribution in [0.25, 0.3) is 0 Å². The fraction of sp³-hybridized carbons (Fsp3) is 0.923. The molecule has 2 heterocycles. The molecule has 3 fully saturated rings. The van der Waals surface area contributed by atoms with Crippen LogP contribution >= 0.6 is 0 Å². The first-order chi connectivity index (χ1) is 8.57. The summed E-state index contributed by atoms with van der Waals surface area (Å²) < 4.78 is 5.83. The molecule has 3 N–H and O–H groups in total. The van der Waals surface area contributed by atoms with Crippen molar-refractivity contribution in [2.75, 3.05) is 13.1 Å². The molecule has 0 aromatic rings. The van der Waals surface area contributed by atoms with Gasteiger partial charge in [-0.1, -0.05) is 0 Å². The van der Waals surface area contributed by atoms with Crippen molar-refractivity contribution in [3.8, 4) is 0 Å². The van der Waals surface area contributed by atoms with Crippen molar-refractivity contribution in [2.45, 2.75) is 62.3 Å². The summed E-state index contributed by atoms with van der Waals surface area (Å²) in [7, 11) is 0. The van der Waals surface area contributed by atoms with Gasteiger partial charge >= 0.3 is 5.97 Å². The highest BCUT2D eigenvalue weighted by atomic mass is 16.5. The third-order valence-corrected chi connectivity index (χ3v) is 4.77. The van der Waals surface area contributed by atoms with E-state index in [0.717, 1.165) is 38.8 Å². The lowest BCUT2D eigenvalue weighted by atomic mass is 9.79. The minimum absolute atomic E-state index is 0.326. The Balaban J connectivity index is 1.67. The number of hydrogen-bond donors (Lipinski definition) is 2. The minimum Gasteiger partial charge on any atom is -0.480 e. The fourth-order valence-electron chi connectivity index (χ4n) is 3.73. The summed E-state index contributed by atoms with van der Waals surface area (Å²) in [4.78, 5) is 13.7. The van der Waals surface area contributed by atoms with Gasteiger partial charge in [-0.3, -0.25) is 9.69 Å². The van der Waals surface area contributed by atoms with Crippen LogP contribution in [0.1, 0.15) is 38.5 Å². The maximum atomic E-state index is 11.3. The summed E-state index contributed by atoms with van der Waals surface area (Å²) in [6, 6.07) is 0.326. The molecule has 0 aromatic carbocycles. The lowest BCUT2D eigenvalue weighted by molar-refractivity contribution is -0.146. The van der Waals surface area contributed by atoms with Crippen LogP contribution in [0.3, 0.4) is 0 Å². The molecular weight excluding hydrogens is 232 g/mol. The van der Waals surface area contributed by atoms with E-state index in [-0.39, 0.29) is 0 Å². The van der Waals surface area contributed by atoms with E-state index < -0.39 is 11.5 Å². The highest BCUT2D eigenvalue weighted by Crippen LogP contribution is 2.34. The second kappa shape index (κ2) is 4.47. The molecule has 5 nitrogen and oxygen atoms in total. The molecule has 3 rings (SSSR count). The monoisotopic (exact) mass is 254 g/mol. The van der Waals surface area contributed by atoms with E-state index in [1.807, 2.05) is 0 Å². The van der Waals surface area contributed by atoms with Gasteiger partial charge in [0.1, 0.15) is 5.54 Å². The second-order valence-corrected chi connectivity index (χ2v) is 6.12. The Bertz CT molecular complexity index is 337. The molecule has 0 amide bonds. The van der Waals surface area contributed by atoms with Crippen LogP contribution < -0.4 is 5.73 Å². The van der Waals surface area contributed by atoms with Crippen LogP contribution in [0, 0.1) is 0 Å². The van der Waals surface area contributed by atoms with Crippen LogP contribution in [0.2, 0.25) is 0 Å². The normalized spacial score (nSPS) is 45.1. The van der Waals surface area contributed by atoms with Crippen molar-refractivity contribution in [3.63, 3.8) is 0 Å². The quantitative estimate of drug-likeness (QED) is 0.753. The van der Waals surface area contributed by atoms with Crippen LogP contribution in [0.5, 0.6) is 0 Å². The van der Waals surface area contributed by atoms with Gasteiger partial charge in [0.15, 0.2) is 0 Å². The Morgan fingerprint density at radius 1 is 1.28 bits per heavy atom. The maximum Gasteiger partial charge on any atom is 0.323 e. The van der Waals surface area contributed by atoms with Gasteiger partial charge in [-0.2, -0.15) is 0 Å². The standard InChI is InChI=1S/C13H22N2O3/c14-13(12(16)17)5-1-2-9(6-13)15-7-10-3-4-11(8-15)18-10/h9-11H,1-8,14H2,(H,16,17). The van der Waals surface area contributed by atoms with Gasteiger partial charge < -0.3 is 15.6 Å². The molecule has 2 bridgehead atoms. The molecular formula is C13H22N2O3. The summed E-state index contributed by atoms with van der Waals surface area (Å²) in [5.41, 5.74) is 5.01. The average molecular weight is 254 g/mol. The zero-order valence-corrected chi connectivity index (χ0v) is 10.7. The molecule has 1 aliphatic carbocycles. The van der Waals surface area contributed by atoms with Crippen molar-refractivity contribution in [2.24, 2.45) is 5.73 Å². The molecule has 0 spiro atoms. The smallest absolute Gasteiger partial charge is 0.323 e. The molecule has 2 aliphatic heterocycles. The van der Waals surface area contributed by atoms with E-state index in [0.29, 0.717) is 31.1 Å². The number of fused-ring (bicyclic) bond motifs is 2. The van der Waals surface area contributed by atoms with Gasteiger partial charge in [0, 0.05) is 19.1 Å². The maximum absolute atomic E-state index is 11.3. The Labute approximate surface area is 107 Å². The third-order valence-electron chi connectivity index (χ3n) is 4.77. The van der Waals surface area contributed by atoms with Gasteiger partial charge in [0.2, 0.25) is 0 Å². The van der Waals surface area contributed by atoms with E-state index in [9.17, 15) is 9.90 Å². The molecule has 18 heavy (non-hydrogen) atoms. The van der Waals surface area contributed by atoms with Crippen molar-refractivity contribution in [3.05, 3.63) is 0 Å². The van der Waals surface area contributed by atoms with Crippen molar-refractivity contribution >= 4 is 5.97 Å². The van der Waals surface area contributed by atoms with E-state index in [2.05, 4.69) is 4.90 Å². The molecule has 1 saturated carbocycles. The molecule has 0 radical (unpaired) electrons. The van der Waals surface area contributed by atoms with Crippen molar-refractivity contribution in [1.82, 2.24) is 4.90 Å². The van der Waals surface area contributed by atoms with Crippen LogP contribution in [0.15, 0.2) is 0 Å². The molecule has 102 valence electrons. The Morgan fingerprint density at radius 2 is 1.94 bits per heavy atom. The molecule has 5 heteroatoms. The molecule has 4 unspecified atom stereocenters. The van der Waals surface area contributed by atoms with Gasteiger partial charge in [-0.15, -0.1) is 0 Å². The number of carboxylic acids is 1. The first-order valence-electron chi connectivity index (χ1n) is 6.99. The van der Waals surface area contributed by atoms with E-state index in [1.54, 1.807) is 0 Å². The van der Waals surface area contributed by atoms with E-state index in [1.165, 1.54) is 0 Å². The number of morpholine rings is 1. The first kappa shape index (κ1) is 12.4. The zero-order valence-electron chi connectivity index (χ0n) is 10.7. The molecule has 0 aromatic heterocycles. The van der Waals surface area contributed by atoms with Gasteiger partial charge in [-0.05, 0) is 38.5 Å². The number of nitrogens with two attached hydrogens (primary N) is 1. The largest absolute Gasteiger partial charge is 0.480 e. The zero-order chi connectivity index (χ0) is 12.8. The summed E-state index contributed by atoms with van der Waals surface area (Å²) in [5.74, 6) is -0.844. The van der Waals surface area contributed by atoms with Crippen LogP contribution in [0.4, 0.5) is 0 Å². The number of ether oxygens (including phenoxy) is 1. The number of rotatable bonds is 2. The summed E-state index contributed by atoms with van der Waals surface area (Å²) in [6.07, 6.45) is 6.22. The van der Waals surface area contributed by atoms with E-state index in [4.69, 9.17) is 10.5 Å². The predicted molar refractivity (Wildman–Crippen MR) is 66.3 cm³/mol. The lowest BCUT2D eigenvalue weighted by Gasteiger charge is -2.43. The fourth-order valence-corrected chi connectivity index (χ4v) is 3.73. The average Bonchev–Trinajstić information content (AvgIpc) is 2.68. The summed E-state index contributed by atoms with van der Waals surface area (Å²) in [6.45, 7) is 1.91. The number of carboxylic acid groups (broad SMARTS) is 1. The number of hydrogen-bond acceptors (Lipinski definition) is 4. The molecule has 3 aliphatic rings. The molecule has 4 atom stereocenters. The first-order valence-corrected chi connectivity index (χ1v) is 6.99.